The van der Waals surface area contributed by atoms with E-state index in [1.165, 1.54) is 19.2 Å². The number of carbonyl (C=O) groups is 2. The Morgan fingerprint density at radius 1 is 1.38 bits per heavy atom. The molecule has 1 aromatic carbocycles. The first kappa shape index (κ1) is 17.1. The standard InChI is InChI=1S/C15H21FN2O3/c1-9(2)6-10(8-17)14(19)18-11-4-5-13(16)12(7-11)15(20)21-3/h4-5,7,9-10H,6,8,17H2,1-3H3,(H,18,19). The molecule has 116 valence electrons. The zero-order chi connectivity index (χ0) is 16.0. The van der Waals surface area contributed by atoms with E-state index in [-0.39, 0.29) is 23.9 Å². The second kappa shape index (κ2) is 7.73. The highest BCUT2D eigenvalue weighted by Gasteiger charge is 2.19. The van der Waals surface area contributed by atoms with Crippen LogP contribution in [0.4, 0.5) is 10.1 Å². The van der Waals surface area contributed by atoms with E-state index in [0.29, 0.717) is 18.0 Å². The van der Waals surface area contributed by atoms with Crippen LogP contribution in [-0.2, 0) is 9.53 Å². The first-order valence-electron chi connectivity index (χ1n) is 6.77. The highest BCUT2D eigenvalue weighted by molar-refractivity contribution is 5.95. The molecule has 1 amide bonds. The van der Waals surface area contributed by atoms with Crippen molar-refractivity contribution in [2.45, 2.75) is 20.3 Å². The summed E-state index contributed by atoms with van der Waals surface area (Å²) in [6.07, 6.45) is 0.660. The Morgan fingerprint density at radius 3 is 2.57 bits per heavy atom. The van der Waals surface area contributed by atoms with Crippen LogP contribution in [0.25, 0.3) is 0 Å². The van der Waals surface area contributed by atoms with Gasteiger partial charge in [0.05, 0.1) is 18.6 Å². The van der Waals surface area contributed by atoms with Gasteiger partial charge in [-0.3, -0.25) is 4.79 Å². The average Bonchev–Trinajstić information content (AvgIpc) is 2.45. The van der Waals surface area contributed by atoms with Crippen molar-refractivity contribution in [2.75, 3.05) is 19.0 Å². The van der Waals surface area contributed by atoms with Crippen molar-refractivity contribution in [3.63, 3.8) is 0 Å². The third-order valence-corrected chi connectivity index (χ3v) is 3.05. The van der Waals surface area contributed by atoms with Gasteiger partial charge in [0.15, 0.2) is 0 Å². The molecule has 1 unspecified atom stereocenters. The van der Waals surface area contributed by atoms with Crippen molar-refractivity contribution in [2.24, 2.45) is 17.6 Å². The van der Waals surface area contributed by atoms with Crippen molar-refractivity contribution in [3.8, 4) is 0 Å². The summed E-state index contributed by atoms with van der Waals surface area (Å²) in [6.45, 7) is 4.24. The summed E-state index contributed by atoms with van der Waals surface area (Å²) in [5, 5.41) is 2.65. The van der Waals surface area contributed by atoms with E-state index < -0.39 is 11.8 Å². The molecule has 1 aromatic rings. The van der Waals surface area contributed by atoms with Gasteiger partial charge in [0, 0.05) is 12.2 Å². The summed E-state index contributed by atoms with van der Waals surface area (Å²) in [4.78, 5) is 23.5. The van der Waals surface area contributed by atoms with Crippen molar-refractivity contribution < 1.29 is 18.7 Å². The van der Waals surface area contributed by atoms with Gasteiger partial charge < -0.3 is 15.8 Å². The number of hydrogen-bond acceptors (Lipinski definition) is 4. The molecular formula is C15H21FN2O3. The lowest BCUT2D eigenvalue weighted by Crippen LogP contribution is -2.30. The lowest BCUT2D eigenvalue weighted by Gasteiger charge is -2.17. The van der Waals surface area contributed by atoms with Gasteiger partial charge in [-0.1, -0.05) is 13.8 Å². The number of nitrogens with one attached hydrogen (secondary N) is 1. The maximum atomic E-state index is 13.5. The molecule has 1 rings (SSSR count). The number of carbonyl (C=O) groups excluding carboxylic acids is 2. The van der Waals surface area contributed by atoms with E-state index in [2.05, 4.69) is 10.1 Å². The summed E-state index contributed by atoms with van der Waals surface area (Å²) in [5.41, 5.74) is 5.72. The number of methoxy groups -OCH3 is 1. The first-order chi connectivity index (χ1) is 9.88. The molecular weight excluding hydrogens is 275 g/mol. The third kappa shape index (κ3) is 4.82. The minimum atomic E-state index is -0.791. The van der Waals surface area contributed by atoms with Gasteiger partial charge in [0.1, 0.15) is 5.82 Å². The maximum Gasteiger partial charge on any atom is 0.340 e. The number of hydrogen-bond donors (Lipinski definition) is 2. The number of anilines is 1. The van der Waals surface area contributed by atoms with Crippen molar-refractivity contribution in [1.82, 2.24) is 0 Å². The highest BCUT2D eigenvalue weighted by atomic mass is 19.1. The molecule has 0 bridgehead atoms. The Bertz CT molecular complexity index is 518. The number of halogens is 1. The highest BCUT2D eigenvalue weighted by Crippen LogP contribution is 2.18. The van der Waals surface area contributed by atoms with Crippen LogP contribution in [0.2, 0.25) is 0 Å². The molecule has 0 aliphatic rings. The van der Waals surface area contributed by atoms with E-state index in [1.807, 2.05) is 13.8 Å². The number of ether oxygens (including phenoxy) is 1. The molecule has 5 nitrogen and oxygen atoms in total. The molecule has 0 radical (unpaired) electrons. The van der Waals surface area contributed by atoms with Crippen LogP contribution in [0.3, 0.4) is 0 Å². The molecule has 3 N–H and O–H groups in total. The largest absolute Gasteiger partial charge is 0.465 e. The number of amides is 1. The fourth-order valence-corrected chi connectivity index (χ4v) is 1.99. The Hall–Kier alpha value is -1.95. The first-order valence-corrected chi connectivity index (χ1v) is 6.77. The molecule has 21 heavy (non-hydrogen) atoms. The Labute approximate surface area is 123 Å². The van der Waals surface area contributed by atoms with E-state index in [0.717, 1.165) is 6.07 Å². The van der Waals surface area contributed by atoms with Gasteiger partial charge in [-0.15, -0.1) is 0 Å². The lowest BCUT2D eigenvalue weighted by atomic mass is 9.96. The van der Waals surface area contributed by atoms with Crippen LogP contribution in [0.5, 0.6) is 0 Å². The maximum absolute atomic E-state index is 13.5. The molecule has 1 atom stereocenters. The third-order valence-electron chi connectivity index (χ3n) is 3.05. The van der Waals surface area contributed by atoms with Gasteiger partial charge in [-0.05, 0) is 30.5 Å². The van der Waals surface area contributed by atoms with Gasteiger partial charge in [-0.2, -0.15) is 0 Å². The second-order valence-electron chi connectivity index (χ2n) is 5.24. The van der Waals surface area contributed by atoms with Crippen LogP contribution < -0.4 is 11.1 Å². The minimum Gasteiger partial charge on any atom is -0.465 e. The monoisotopic (exact) mass is 296 g/mol. The van der Waals surface area contributed by atoms with Crippen LogP contribution in [-0.4, -0.2) is 25.5 Å². The average molecular weight is 296 g/mol. The van der Waals surface area contributed by atoms with Crippen molar-refractivity contribution in [3.05, 3.63) is 29.6 Å². The SMILES string of the molecule is COC(=O)c1cc(NC(=O)C(CN)CC(C)C)ccc1F. The fourth-order valence-electron chi connectivity index (χ4n) is 1.99. The molecule has 0 saturated carbocycles. The predicted molar refractivity (Wildman–Crippen MR) is 78.4 cm³/mol. The zero-order valence-electron chi connectivity index (χ0n) is 12.5. The van der Waals surface area contributed by atoms with Crippen molar-refractivity contribution >= 4 is 17.6 Å². The van der Waals surface area contributed by atoms with E-state index in [4.69, 9.17) is 5.73 Å². The van der Waals surface area contributed by atoms with Gasteiger partial charge in [0.25, 0.3) is 0 Å². The fraction of sp³-hybridized carbons (Fsp3) is 0.467. The summed E-state index contributed by atoms with van der Waals surface area (Å²) in [7, 11) is 1.17. The quantitative estimate of drug-likeness (QED) is 0.788. The normalized spacial score (nSPS) is 12.1. The summed E-state index contributed by atoms with van der Waals surface area (Å²) >= 11 is 0. The Balaban J connectivity index is 2.87. The van der Waals surface area contributed by atoms with Gasteiger partial charge in [-0.25, -0.2) is 9.18 Å². The topological polar surface area (TPSA) is 81.4 Å². The van der Waals surface area contributed by atoms with E-state index >= 15 is 0 Å². The molecule has 0 aliphatic heterocycles. The van der Waals surface area contributed by atoms with E-state index in [1.54, 1.807) is 0 Å². The molecule has 0 saturated heterocycles. The van der Waals surface area contributed by atoms with Gasteiger partial charge >= 0.3 is 5.97 Å². The van der Waals surface area contributed by atoms with Crippen LogP contribution in [0, 0.1) is 17.7 Å². The summed E-state index contributed by atoms with van der Waals surface area (Å²) in [6, 6.07) is 3.76. The van der Waals surface area contributed by atoms with Crippen LogP contribution in [0.1, 0.15) is 30.6 Å². The molecule has 0 aliphatic carbocycles. The molecule has 0 spiro atoms. The van der Waals surface area contributed by atoms with E-state index in [9.17, 15) is 14.0 Å². The lowest BCUT2D eigenvalue weighted by molar-refractivity contribution is -0.120. The summed E-state index contributed by atoms with van der Waals surface area (Å²) in [5.74, 6) is -1.72. The van der Waals surface area contributed by atoms with Crippen LogP contribution in [0.15, 0.2) is 18.2 Å². The van der Waals surface area contributed by atoms with Crippen LogP contribution >= 0.6 is 0 Å². The smallest absolute Gasteiger partial charge is 0.340 e. The van der Waals surface area contributed by atoms with Crippen molar-refractivity contribution in [1.29, 1.82) is 0 Å². The molecule has 0 aromatic heterocycles. The van der Waals surface area contributed by atoms with Gasteiger partial charge in [0.2, 0.25) is 5.91 Å². The molecule has 6 heteroatoms. The number of esters is 1. The predicted octanol–water partition coefficient (Wildman–Crippen LogP) is 2.17. The Kier molecular flexibility index (Phi) is 6.30. The number of benzene rings is 1. The molecule has 0 heterocycles. The second-order valence-corrected chi connectivity index (χ2v) is 5.24. The zero-order valence-corrected chi connectivity index (χ0v) is 12.5. The number of rotatable bonds is 6. The minimum absolute atomic E-state index is 0.219. The summed E-state index contributed by atoms with van der Waals surface area (Å²) < 4.78 is 18.0. The molecule has 0 fully saturated rings. The number of nitrogens with two attached hydrogens (primary N) is 1. The Morgan fingerprint density at radius 2 is 2.05 bits per heavy atom.